The molecule has 0 aromatic heterocycles. The Morgan fingerprint density at radius 1 is 1.27 bits per heavy atom. The van der Waals surface area contributed by atoms with Gasteiger partial charge in [-0.1, -0.05) is 23.2 Å². The van der Waals surface area contributed by atoms with Gasteiger partial charge in [-0.2, -0.15) is 0 Å². The zero-order valence-corrected chi connectivity index (χ0v) is 9.09. The smallest absolute Gasteiger partial charge is 0.339 e. The van der Waals surface area contributed by atoms with Gasteiger partial charge in [-0.15, -0.1) is 0 Å². The molecule has 0 fully saturated rings. The Morgan fingerprint density at radius 3 is 2.47 bits per heavy atom. The first-order chi connectivity index (χ1) is 7.19. The molecule has 4 nitrogen and oxygen atoms in total. The highest BCUT2D eigenvalue weighted by Crippen LogP contribution is 2.24. The molecule has 0 bridgehead atoms. The average molecular weight is 251 g/mol. The van der Waals surface area contributed by atoms with Crippen molar-refractivity contribution in [1.29, 1.82) is 0 Å². The molecule has 0 heterocycles. The summed E-state index contributed by atoms with van der Waals surface area (Å²) in [5, 5.41) is 8.87. The number of carbonyl (C=O) groups is 1. The van der Waals surface area contributed by atoms with Crippen LogP contribution in [0.2, 0.25) is 0 Å². The molecule has 0 amide bonds. The van der Waals surface area contributed by atoms with E-state index in [4.69, 9.17) is 37.8 Å². The van der Waals surface area contributed by atoms with E-state index < -0.39 is 5.97 Å². The summed E-state index contributed by atoms with van der Waals surface area (Å²) < 4.78 is 9.87. The summed E-state index contributed by atoms with van der Waals surface area (Å²) >= 11 is 10.7. The molecule has 0 aliphatic carbocycles. The van der Waals surface area contributed by atoms with Gasteiger partial charge in [0.2, 0.25) is 0 Å². The highest BCUT2D eigenvalue weighted by atomic mass is 35.5. The highest BCUT2D eigenvalue weighted by Gasteiger charge is 2.12. The molecule has 6 heteroatoms. The van der Waals surface area contributed by atoms with Gasteiger partial charge in [-0.05, 0) is 18.2 Å². The summed E-state index contributed by atoms with van der Waals surface area (Å²) in [6.07, 6.45) is 0. The third-order valence-corrected chi connectivity index (χ3v) is 1.83. The molecule has 0 atom stereocenters. The first-order valence-electron chi connectivity index (χ1n) is 3.94. The minimum Gasteiger partial charge on any atom is -0.478 e. The van der Waals surface area contributed by atoms with Crippen molar-refractivity contribution >= 4 is 29.2 Å². The number of carboxylic acid groups (broad SMARTS) is 1. The molecule has 0 radical (unpaired) electrons. The second kappa shape index (κ2) is 5.68. The molecule has 0 unspecified atom stereocenters. The summed E-state index contributed by atoms with van der Waals surface area (Å²) in [5.74, 6) is -0.557. The zero-order chi connectivity index (χ0) is 11.3. The van der Waals surface area contributed by atoms with Crippen molar-refractivity contribution < 1.29 is 19.4 Å². The van der Waals surface area contributed by atoms with E-state index in [-0.39, 0.29) is 23.4 Å². The second-order valence-corrected chi connectivity index (χ2v) is 2.91. The number of alkyl halides is 2. The van der Waals surface area contributed by atoms with E-state index in [1.165, 1.54) is 12.1 Å². The molecule has 0 saturated carbocycles. The monoisotopic (exact) mass is 250 g/mol. The number of halogens is 2. The number of hydrogen-bond donors (Lipinski definition) is 1. The maximum atomic E-state index is 10.8. The molecule has 0 aliphatic heterocycles. The number of benzene rings is 1. The van der Waals surface area contributed by atoms with E-state index in [0.717, 1.165) is 0 Å². The fourth-order valence-corrected chi connectivity index (χ4v) is 1.26. The summed E-state index contributed by atoms with van der Waals surface area (Å²) in [6, 6.07) is 4.18. The maximum absolute atomic E-state index is 10.8. The lowest BCUT2D eigenvalue weighted by Gasteiger charge is -2.08. The normalized spacial score (nSPS) is 9.73. The van der Waals surface area contributed by atoms with Crippen molar-refractivity contribution in [2.24, 2.45) is 0 Å². The van der Waals surface area contributed by atoms with E-state index in [1.807, 2.05) is 0 Å². The largest absolute Gasteiger partial charge is 0.478 e. The van der Waals surface area contributed by atoms with Crippen LogP contribution >= 0.6 is 23.2 Å². The predicted molar refractivity (Wildman–Crippen MR) is 56.1 cm³/mol. The minimum atomic E-state index is -1.12. The Balaban J connectivity index is 3.03. The molecule has 1 aromatic rings. The van der Waals surface area contributed by atoms with Crippen molar-refractivity contribution in [2.45, 2.75) is 0 Å². The third-order valence-electron chi connectivity index (χ3n) is 1.61. The van der Waals surface area contributed by atoms with Gasteiger partial charge in [0.15, 0.2) is 12.1 Å². The zero-order valence-electron chi connectivity index (χ0n) is 7.57. The first-order valence-corrected chi connectivity index (χ1v) is 5.00. The summed E-state index contributed by atoms with van der Waals surface area (Å²) in [5.41, 5.74) is -0.0155. The van der Waals surface area contributed by atoms with Crippen molar-refractivity contribution in [2.75, 3.05) is 12.1 Å². The van der Waals surface area contributed by atoms with Gasteiger partial charge in [0.25, 0.3) is 0 Å². The third kappa shape index (κ3) is 3.18. The quantitative estimate of drug-likeness (QED) is 0.817. The van der Waals surface area contributed by atoms with Gasteiger partial charge < -0.3 is 14.6 Å². The summed E-state index contributed by atoms with van der Waals surface area (Å²) in [7, 11) is 0. The van der Waals surface area contributed by atoms with Crippen molar-refractivity contribution in [3.8, 4) is 11.5 Å². The molecular formula is C9H8Cl2O4. The molecule has 1 rings (SSSR count). The van der Waals surface area contributed by atoms with Gasteiger partial charge in [0.05, 0.1) is 0 Å². The first kappa shape index (κ1) is 11.9. The lowest BCUT2D eigenvalue weighted by Crippen LogP contribution is -2.02. The summed E-state index contributed by atoms with van der Waals surface area (Å²) in [4.78, 5) is 10.8. The molecule has 82 valence electrons. The topological polar surface area (TPSA) is 55.8 Å². The van der Waals surface area contributed by atoms with Gasteiger partial charge in [0, 0.05) is 0 Å². The average Bonchev–Trinajstić information content (AvgIpc) is 2.21. The molecule has 0 aliphatic rings. The van der Waals surface area contributed by atoms with E-state index in [1.54, 1.807) is 6.07 Å². The molecule has 0 saturated heterocycles. The van der Waals surface area contributed by atoms with Crippen LogP contribution in [-0.4, -0.2) is 23.2 Å². The van der Waals surface area contributed by atoms with Crippen LogP contribution < -0.4 is 9.47 Å². The van der Waals surface area contributed by atoms with E-state index in [0.29, 0.717) is 5.75 Å². The predicted octanol–water partition coefficient (Wildman–Crippen LogP) is 2.54. The number of ether oxygens (including phenoxy) is 2. The standard InChI is InChI=1S/C9H8Cl2O4/c10-4-14-6-1-2-8(15-5-11)7(3-6)9(12)13/h1-3H,4-5H2,(H,12,13). The van der Waals surface area contributed by atoms with Crippen molar-refractivity contribution in [3.63, 3.8) is 0 Å². The van der Waals surface area contributed by atoms with Gasteiger partial charge in [0.1, 0.15) is 17.1 Å². The number of rotatable bonds is 5. The Hall–Kier alpha value is -1.13. The second-order valence-electron chi connectivity index (χ2n) is 2.47. The van der Waals surface area contributed by atoms with E-state index in [9.17, 15) is 4.79 Å². The Bertz CT molecular complexity index is 354. The van der Waals surface area contributed by atoms with E-state index in [2.05, 4.69) is 0 Å². The molecule has 1 N–H and O–H groups in total. The van der Waals surface area contributed by atoms with Crippen LogP contribution in [-0.2, 0) is 0 Å². The number of carboxylic acids is 1. The van der Waals surface area contributed by atoms with Crippen LogP contribution in [0.1, 0.15) is 10.4 Å². The highest BCUT2D eigenvalue weighted by molar-refractivity contribution is 6.17. The van der Waals surface area contributed by atoms with Gasteiger partial charge >= 0.3 is 5.97 Å². The Kier molecular flexibility index (Phi) is 4.52. The van der Waals surface area contributed by atoms with Crippen LogP contribution in [0, 0.1) is 0 Å². The van der Waals surface area contributed by atoms with E-state index >= 15 is 0 Å². The van der Waals surface area contributed by atoms with Crippen LogP contribution in [0.3, 0.4) is 0 Å². The number of aromatic carboxylic acids is 1. The molecular weight excluding hydrogens is 243 g/mol. The molecule has 1 aromatic carbocycles. The van der Waals surface area contributed by atoms with Gasteiger partial charge in [-0.3, -0.25) is 0 Å². The SMILES string of the molecule is O=C(O)c1cc(OCCl)ccc1OCCl. The number of hydrogen-bond acceptors (Lipinski definition) is 3. The van der Waals surface area contributed by atoms with Crippen LogP contribution in [0.5, 0.6) is 11.5 Å². The fourth-order valence-electron chi connectivity index (χ4n) is 1.01. The Morgan fingerprint density at radius 2 is 1.93 bits per heavy atom. The van der Waals surface area contributed by atoms with Crippen LogP contribution in [0.4, 0.5) is 0 Å². The lowest BCUT2D eigenvalue weighted by molar-refractivity contribution is 0.0692. The van der Waals surface area contributed by atoms with Gasteiger partial charge in [-0.25, -0.2) is 4.79 Å². The van der Waals surface area contributed by atoms with Crippen molar-refractivity contribution in [1.82, 2.24) is 0 Å². The van der Waals surface area contributed by atoms with Crippen LogP contribution in [0.15, 0.2) is 18.2 Å². The molecule has 15 heavy (non-hydrogen) atoms. The lowest BCUT2D eigenvalue weighted by atomic mass is 10.2. The Labute approximate surface area is 96.3 Å². The minimum absolute atomic E-state index is 0.0155. The fraction of sp³-hybridized carbons (Fsp3) is 0.222. The maximum Gasteiger partial charge on any atom is 0.339 e. The van der Waals surface area contributed by atoms with Crippen LogP contribution in [0.25, 0.3) is 0 Å². The van der Waals surface area contributed by atoms with Crippen molar-refractivity contribution in [3.05, 3.63) is 23.8 Å². The molecule has 0 spiro atoms. The summed E-state index contributed by atoms with van der Waals surface area (Å²) in [6.45, 7) is 0.